The number of halogens is 1. The molecule has 0 aromatic heterocycles. The average molecular weight is 404 g/mol. The maximum Gasteiger partial charge on any atom is 0.150 e. The van der Waals surface area contributed by atoms with Crippen LogP contribution in [-0.2, 0) is 0 Å². The Hall–Kier alpha value is -2.91. The Morgan fingerprint density at radius 3 is 2.52 bits per heavy atom. The van der Waals surface area contributed by atoms with E-state index in [1.807, 2.05) is 18.2 Å². The molecule has 0 saturated carbocycles. The van der Waals surface area contributed by atoms with Gasteiger partial charge in [0, 0.05) is 22.4 Å². The number of allylic oxidation sites excluding steroid dienone is 1. The molecule has 146 valence electrons. The van der Waals surface area contributed by atoms with E-state index in [-0.39, 0.29) is 17.4 Å². The maximum absolute atomic E-state index is 10.2. The molecular formula is C25H22ClNO2. The molecule has 4 heteroatoms. The van der Waals surface area contributed by atoms with E-state index in [2.05, 4.69) is 56.4 Å². The molecule has 0 radical (unpaired) electrons. The molecule has 2 aliphatic heterocycles. The quantitative estimate of drug-likeness (QED) is 0.469. The Balaban J connectivity index is 1.85. The summed E-state index contributed by atoms with van der Waals surface area (Å²) in [4.78, 5) is 0. The summed E-state index contributed by atoms with van der Waals surface area (Å²) < 4.78 is 6.50. The van der Waals surface area contributed by atoms with E-state index in [1.165, 1.54) is 5.57 Å². The molecule has 0 amide bonds. The number of phenols is 1. The number of anilines is 1. The zero-order chi connectivity index (χ0) is 20.3. The SMILES string of the molecule is CC1=CC(C)(C)Nc2ccc3c(c21)C(c1ccccc1)Oc1ccc(O)c(Cl)c1-3. The lowest BCUT2D eigenvalue weighted by molar-refractivity contribution is 0.243. The van der Waals surface area contributed by atoms with Crippen LogP contribution in [-0.4, -0.2) is 10.6 Å². The third kappa shape index (κ3) is 2.80. The molecule has 0 aliphatic carbocycles. The van der Waals surface area contributed by atoms with Gasteiger partial charge in [-0.1, -0.05) is 54.1 Å². The smallest absolute Gasteiger partial charge is 0.150 e. The summed E-state index contributed by atoms with van der Waals surface area (Å²) in [6.07, 6.45) is 1.98. The van der Waals surface area contributed by atoms with Gasteiger partial charge in [0.25, 0.3) is 0 Å². The monoisotopic (exact) mass is 403 g/mol. The van der Waals surface area contributed by atoms with E-state index in [0.717, 1.165) is 33.5 Å². The van der Waals surface area contributed by atoms with Crippen LogP contribution < -0.4 is 10.1 Å². The Morgan fingerprint density at radius 1 is 1.00 bits per heavy atom. The Morgan fingerprint density at radius 2 is 1.76 bits per heavy atom. The molecule has 3 aromatic rings. The van der Waals surface area contributed by atoms with Crippen molar-refractivity contribution in [2.75, 3.05) is 5.32 Å². The third-order valence-electron chi connectivity index (χ3n) is 5.64. The third-order valence-corrected chi connectivity index (χ3v) is 6.02. The molecule has 1 atom stereocenters. The number of benzene rings is 3. The van der Waals surface area contributed by atoms with E-state index in [4.69, 9.17) is 16.3 Å². The van der Waals surface area contributed by atoms with Crippen LogP contribution in [0.15, 0.2) is 60.7 Å². The zero-order valence-electron chi connectivity index (χ0n) is 16.6. The summed E-state index contributed by atoms with van der Waals surface area (Å²) in [5.41, 5.74) is 7.18. The maximum atomic E-state index is 10.2. The molecule has 2 aliphatic rings. The highest BCUT2D eigenvalue weighted by Crippen LogP contribution is 2.53. The molecule has 3 aromatic carbocycles. The molecule has 0 spiro atoms. The molecular weight excluding hydrogens is 382 g/mol. The summed E-state index contributed by atoms with van der Waals surface area (Å²) in [6, 6.07) is 17.8. The number of phenolic OH excluding ortho intramolecular Hbond substituents is 1. The van der Waals surface area contributed by atoms with Crippen molar-refractivity contribution in [3.63, 3.8) is 0 Å². The molecule has 1 unspecified atom stereocenters. The van der Waals surface area contributed by atoms with Gasteiger partial charge in [0.2, 0.25) is 0 Å². The van der Waals surface area contributed by atoms with Crippen molar-refractivity contribution >= 4 is 22.9 Å². The molecule has 0 bridgehead atoms. The minimum absolute atomic E-state index is 0.0578. The van der Waals surface area contributed by atoms with E-state index in [0.29, 0.717) is 10.8 Å². The highest BCUT2D eigenvalue weighted by atomic mass is 35.5. The number of nitrogens with one attached hydrogen (secondary N) is 1. The van der Waals surface area contributed by atoms with Gasteiger partial charge < -0.3 is 15.2 Å². The number of fused-ring (bicyclic) bond motifs is 5. The lowest BCUT2D eigenvalue weighted by atomic mass is 9.80. The molecule has 2 heterocycles. The first kappa shape index (κ1) is 18.1. The van der Waals surface area contributed by atoms with Crippen molar-refractivity contribution in [2.24, 2.45) is 0 Å². The highest BCUT2D eigenvalue weighted by Gasteiger charge is 2.35. The molecule has 0 saturated heterocycles. The highest BCUT2D eigenvalue weighted by molar-refractivity contribution is 6.35. The van der Waals surface area contributed by atoms with Gasteiger partial charge in [0.15, 0.2) is 6.10 Å². The average Bonchev–Trinajstić information content (AvgIpc) is 2.69. The second-order valence-corrected chi connectivity index (χ2v) is 8.68. The minimum atomic E-state index is -0.263. The van der Waals surface area contributed by atoms with Crippen molar-refractivity contribution in [1.29, 1.82) is 0 Å². The summed E-state index contributed by atoms with van der Waals surface area (Å²) >= 11 is 6.54. The van der Waals surface area contributed by atoms with Crippen LogP contribution in [0, 0.1) is 0 Å². The van der Waals surface area contributed by atoms with Gasteiger partial charge in [-0.15, -0.1) is 0 Å². The lowest BCUT2D eigenvalue weighted by Crippen LogP contribution is -2.32. The standard InChI is InChI=1S/C25H22ClNO2/c1-14-13-25(2,3)27-17-10-9-16-21-19(12-11-18(28)23(21)26)29-24(22(16)20(14)17)15-7-5-4-6-8-15/h4-13,24,27-28H,1-3H3. The van der Waals surface area contributed by atoms with Gasteiger partial charge in [-0.25, -0.2) is 0 Å². The fourth-order valence-electron chi connectivity index (χ4n) is 4.58. The minimum Gasteiger partial charge on any atom is -0.506 e. The zero-order valence-corrected chi connectivity index (χ0v) is 17.3. The van der Waals surface area contributed by atoms with Gasteiger partial charge in [0.1, 0.15) is 11.5 Å². The number of ether oxygens (including phenoxy) is 1. The molecule has 5 rings (SSSR count). The number of aromatic hydroxyl groups is 1. The van der Waals surface area contributed by atoms with Crippen LogP contribution in [0.4, 0.5) is 5.69 Å². The first-order valence-electron chi connectivity index (χ1n) is 9.74. The van der Waals surface area contributed by atoms with Crippen molar-refractivity contribution in [2.45, 2.75) is 32.4 Å². The van der Waals surface area contributed by atoms with E-state index in [1.54, 1.807) is 12.1 Å². The molecule has 3 nitrogen and oxygen atoms in total. The van der Waals surface area contributed by atoms with E-state index >= 15 is 0 Å². The number of rotatable bonds is 1. The van der Waals surface area contributed by atoms with Crippen molar-refractivity contribution < 1.29 is 9.84 Å². The van der Waals surface area contributed by atoms with Gasteiger partial charge in [-0.2, -0.15) is 0 Å². The predicted octanol–water partition coefficient (Wildman–Crippen LogP) is 6.80. The Kier molecular flexibility index (Phi) is 3.94. The molecule has 2 N–H and O–H groups in total. The second-order valence-electron chi connectivity index (χ2n) is 8.30. The first-order valence-corrected chi connectivity index (χ1v) is 10.1. The largest absolute Gasteiger partial charge is 0.506 e. The summed E-state index contributed by atoms with van der Waals surface area (Å²) in [5.74, 6) is 0.738. The van der Waals surface area contributed by atoms with E-state index < -0.39 is 0 Å². The normalized spacial score (nSPS) is 18.5. The first-order chi connectivity index (χ1) is 13.9. The topological polar surface area (TPSA) is 41.5 Å². The lowest BCUT2D eigenvalue weighted by Gasteiger charge is -2.37. The van der Waals surface area contributed by atoms with Crippen LogP contribution in [0.5, 0.6) is 11.5 Å². The Labute approximate surface area is 175 Å². The molecule has 0 fully saturated rings. The van der Waals surface area contributed by atoms with Gasteiger partial charge >= 0.3 is 0 Å². The number of hydrogen-bond acceptors (Lipinski definition) is 3. The van der Waals surface area contributed by atoms with Gasteiger partial charge in [0.05, 0.1) is 10.6 Å². The van der Waals surface area contributed by atoms with Crippen LogP contribution in [0.2, 0.25) is 5.02 Å². The predicted molar refractivity (Wildman–Crippen MR) is 119 cm³/mol. The van der Waals surface area contributed by atoms with Crippen LogP contribution in [0.25, 0.3) is 16.7 Å². The molecule has 29 heavy (non-hydrogen) atoms. The number of hydrogen-bond donors (Lipinski definition) is 2. The van der Waals surface area contributed by atoms with Crippen molar-refractivity contribution in [3.05, 3.63) is 82.4 Å². The van der Waals surface area contributed by atoms with Crippen molar-refractivity contribution in [1.82, 2.24) is 0 Å². The fraction of sp³-hybridized carbons (Fsp3) is 0.200. The van der Waals surface area contributed by atoms with Gasteiger partial charge in [-0.3, -0.25) is 0 Å². The van der Waals surface area contributed by atoms with Crippen LogP contribution in [0.3, 0.4) is 0 Å². The van der Waals surface area contributed by atoms with Gasteiger partial charge in [-0.05, 0) is 55.7 Å². The van der Waals surface area contributed by atoms with E-state index in [9.17, 15) is 5.11 Å². The van der Waals surface area contributed by atoms with Crippen LogP contribution in [0.1, 0.15) is 43.6 Å². The summed E-state index contributed by atoms with van der Waals surface area (Å²) in [7, 11) is 0. The van der Waals surface area contributed by atoms with Crippen LogP contribution >= 0.6 is 11.6 Å². The van der Waals surface area contributed by atoms with Crippen molar-refractivity contribution in [3.8, 4) is 22.6 Å². The summed E-state index contributed by atoms with van der Waals surface area (Å²) in [5, 5.41) is 14.2. The Bertz CT molecular complexity index is 1170. The fourth-order valence-corrected chi connectivity index (χ4v) is 4.84. The second kappa shape index (κ2) is 6.30. The summed E-state index contributed by atoms with van der Waals surface area (Å²) in [6.45, 7) is 6.46.